The van der Waals surface area contributed by atoms with Crippen LogP contribution in [0.3, 0.4) is 0 Å². The SMILES string of the molecule is NC(=O)CCCN1C(=O)CC(SCC(N)C(=O)NCCCCCC(=O)NCCCC2CC23NC(=O)[C@@H](Cc2ccccc2)NC(=O)[C@H](CC(=O)O)NC(=O)CNC(=O)[C@@H](CCCN=C(N)N)NC3=O)C1=O. The van der Waals surface area contributed by atoms with Gasteiger partial charge in [-0.3, -0.25) is 62.6 Å². The number of nitrogens with two attached hydrogens (primary N) is 4. The number of carbonyl (C=O) groups is 11. The molecule has 3 fully saturated rings. The van der Waals surface area contributed by atoms with Gasteiger partial charge < -0.3 is 65.3 Å². The van der Waals surface area contributed by atoms with Crippen LogP contribution in [0, 0.1) is 5.92 Å². The van der Waals surface area contributed by atoms with Crippen LogP contribution in [0.25, 0.3) is 0 Å². The van der Waals surface area contributed by atoms with Crippen LogP contribution in [0.4, 0.5) is 0 Å². The van der Waals surface area contributed by atoms with Crippen LogP contribution < -0.4 is 60.2 Å². The quantitative estimate of drug-likeness (QED) is 0.0184. The van der Waals surface area contributed by atoms with Crippen LogP contribution in [0.5, 0.6) is 0 Å². The predicted molar refractivity (Wildman–Crippen MR) is 258 cm³/mol. The second kappa shape index (κ2) is 28.1. The molecule has 390 valence electrons. The maximum Gasteiger partial charge on any atom is 0.305 e. The zero-order chi connectivity index (χ0) is 52.1. The number of imide groups is 1. The second-order valence-corrected chi connectivity index (χ2v) is 18.9. The maximum absolute atomic E-state index is 14.3. The molecule has 1 aliphatic carbocycles. The summed E-state index contributed by atoms with van der Waals surface area (Å²) in [7, 11) is 0. The maximum atomic E-state index is 14.3. The minimum absolute atomic E-state index is 0.0135. The molecule has 3 aliphatic rings. The predicted octanol–water partition coefficient (Wildman–Crippen LogP) is -3.76. The first-order chi connectivity index (χ1) is 33.8. The van der Waals surface area contributed by atoms with Crippen LogP contribution >= 0.6 is 11.8 Å². The zero-order valence-electron chi connectivity index (χ0n) is 39.5. The fraction of sp³-hybridized carbons (Fsp3) is 0.600. The molecule has 0 bridgehead atoms. The molecule has 10 amide bonds. The Morgan fingerprint density at radius 2 is 1.55 bits per heavy atom. The summed E-state index contributed by atoms with van der Waals surface area (Å²) < 4.78 is 0. The molecule has 2 heterocycles. The summed E-state index contributed by atoms with van der Waals surface area (Å²) in [6, 6.07) is 3.55. The lowest BCUT2D eigenvalue weighted by Gasteiger charge is -2.26. The van der Waals surface area contributed by atoms with Crippen LogP contribution in [-0.2, 0) is 59.2 Å². The molecule has 7 atom stereocenters. The monoisotopic (exact) mass is 1010 g/mol. The van der Waals surface area contributed by atoms with E-state index in [-0.39, 0.29) is 100 Å². The number of aliphatic carboxylic acids is 1. The van der Waals surface area contributed by atoms with Gasteiger partial charge in [-0.2, -0.15) is 0 Å². The van der Waals surface area contributed by atoms with Crippen LogP contribution in [0.2, 0.25) is 0 Å². The number of likely N-dealkylation sites (tertiary alicyclic amines) is 1. The lowest BCUT2D eigenvalue weighted by atomic mass is 10.0. The first-order valence-corrected chi connectivity index (χ1v) is 24.7. The molecule has 16 N–H and O–H groups in total. The third kappa shape index (κ3) is 18.8. The third-order valence-corrected chi connectivity index (χ3v) is 13.4. The highest BCUT2D eigenvalue weighted by molar-refractivity contribution is 8.00. The van der Waals surface area contributed by atoms with Crippen molar-refractivity contribution in [3.05, 3.63) is 35.9 Å². The summed E-state index contributed by atoms with van der Waals surface area (Å²) in [5.74, 6) is -7.91. The number of carboxylic acid groups (broad SMARTS) is 1. The Hall–Kier alpha value is -6.83. The highest BCUT2D eigenvalue weighted by atomic mass is 32.2. The van der Waals surface area contributed by atoms with Crippen molar-refractivity contribution in [1.29, 1.82) is 0 Å². The molecule has 1 saturated carbocycles. The Balaban J connectivity index is 1.29. The van der Waals surface area contributed by atoms with E-state index in [1.165, 1.54) is 0 Å². The molecule has 2 aliphatic heterocycles. The molecule has 1 aromatic carbocycles. The van der Waals surface area contributed by atoms with Crippen molar-refractivity contribution in [2.75, 3.05) is 38.5 Å². The van der Waals surface area contributed by atoms with Crippen LogP contribution in [-0.4, -0.2) is 154 Å². The topological polar surface area (TPSA) is 412 Å². The fourth-order valence-electron chi connectivity index (χ4n) is 8.10. The van der Waals surface area contributed by atoms with Gasteiger partial charge in [-0.05, 0) is 62.8 Å². The molecular formula is C45H67N13O12S. The van der Waals surface area contributed by atoms with E-state index in [0.29, 0.717) is 44.2 Å². The average molecular weight is 1010 g/mol. The third-order valence-electron chi connectivity index (χ3n) is 12.0. The molecule has 1 spiro atoms. The first kappa shape index (κ1) is 56.8. The van der Waals surface area contributed by atoms with Crippen molar-refractivity contribution in [2.45, 2.75) is 125 Å². The number of carboxylic acids is 1. The van der Waals surface area contributed by atoms with Gasteiger partial charge >= 0.3 is 5.97 Å². The number of thioether (sulfide) groups is 1. The Kier molecular flexibility index (Phi) is 22.5. The minimum atomic E-state index is -1.62. The lowest BCUT2D eigenvalue weighted by molar-refractivity contribution is -0.141. The molecule has 0 aromatic heterocycles. The molecule has 2 saturated heterocycles. The molecule has 26 heteroatoms. The normalized spacial score (nSPS) is 23.2. The molecule has 71 heavy (non-hydrogen) atoms. The highest BCUT2D eigenvalue weighted by Gasteiger charge is 2.61. The zero-order valence-corrected chi connectivity index (χ0v) is 40.4. The van der Waals surface area contributed by atoms with Crippen molar-refractivity contribution in [3.63, 3.8) is 0 Å². The van der Waals surface area contributed by atoms with E-state index < -0.39 is 101 Å². The highest BCUT2D eigenvalue weighted by Crippen LogP contribution is 2.47. The van der Waals surface area contributed by atoms with Crippen molar-refractivity contribution in [2.24, 2.45) is 33.8 Å². The summed E-state index contributed by atoms with van der Waals surface area (Å²) in [5.41, 5.74) is 21.1. The number of carbonyl (C=O) groups excluding carboxylic acids is 10. The first-order valence-electron chi connectivity index (χ1n) is 23.6. The number of guanidine groups is 1. The van der Waals surface area contributed by atoms with Gasteiger partial charge in [0.25, 0.3) is 0 Å². The smallest absolute Gasteiger partial charge is 0.305 e. The summed E-state index contributed by atoms with van der Waals surface area (Å²) in [5, 5.41) is 27.4. The van der Waals surface area contributed by atoms with Gasteiger partial charge in [0.15, 0.2) is 5.96 Å². The van der Waals surface area contributed by atoms with E-state index in [1.54, 1.807) is 30.3 Å². The van der Waals surface area contributed by atoms with Gasteiger partial charge in [0.05, 0.1) is 24.3 Å². The number of rotatable bonds is 26. The Labute approximate surface area is 414 Å². The van der Waals surface area contributed by atoms with Gasteiger partial charge in [0, 0.05) is 57.6 Å². The molecule has 4 rings (SSSR count). The van der Waals surface area contributed by atoms with Gasteiger partial charge in [0.2, 0.25) is 59.1 Å². The number of nitrogens with zero attached hydrogens (tertiary/aromatic N) is 2. The summed E-state index contributed by atoms with van der Waals surface area (Å²) in [4.78, 5) is 146. The number of aliphatic imine (C=N–C) groups is 1. The lowest BCUT2D eigenvalue weighted by Crippen LogP contribution is -2.60. The Bertz CT molecular complexity index is 2150. The average Bonchev–Trinajstić information content (AvgIpc) is 3.95. The molecule has 25 nitrogen and oxygen atoms in total. The number of amides is 10. The van der Waals surface area contributed by atoms with E-state index in [9.17, 15) is 57.8 Å². The molecule has 0 radical (unpaired) electrons. The molecular weight excluding hydrogens is 947 g/mol. The van der Waals surface area contributed by atoms with Gasteiger partial charge in [-0.1, -0.05) is 36.8 Å². The number of primary amides is 1. The summed E-state index contributed by atoms with van der Waals surface area (Å²) in [6.45, 7) is 0.103. The number of nitrogens with one attached hydrogen (secondary N) is 7. The Morgan fingerprint density at radius 1 is 0.817 bits per heavy atom. The number of hydrogen-bond donors (Lipinski definition) is 12. The van der Waals surface area contributed by atoms with E-state index in [4.69, 9.17) is 22.9 Å². The van der Waals surface area contributed by atoms with Gasteiger partial charge in [-0.15, -0.1) is 11.8 Å². The molecule has 1 aromatic rings. The van der Waals surface area contributed by atoms with E-state index in [0.717, 1.165) is 16.7 Å². The minimum Gasteiger partial charge on any atom is -0.481 e. The summed E-state index contributed by atoms with van der Waals surface area (Å²) >= 11 is 1.13. The van der Waals surface area contributed by atoms with Crippen LogP contribution in [0.1, 0.15) is 89.0 Å². The van der Waals surface area contributed by atoms with E-state index in [2.05, 4.69) is 42.2 Å². The van der Waals surface area contributed by atoms with Crippen molar-refractivity contribution >= 4 is 82.8 Å². The number of unbranched alkanes of at least 4 members (excludes halogenated alkanes) is 2. The number of hydrogen-bond acceptors (Lipinski definition) is 14. The van der Waals surface area contributed by atoms with Crippen molar-refractivity contribution < 1.29 is 57.8 Å². The van der Waals surface area contributed by atoms with Gasteiger partial charge in [0.1, 0.15) is 23.7 Å². The standard InChI is InChI=1S/C45H67N13O12S/c46-28(25-71-32-22-36(62)58(42(32)69)19-9-14-33(47)59)38(65)51-16-6-2-5-15-34(60)50-17-7-12-27-23-45(27)43(70)56-29(13-8-18-52-44(48)49)39(66)53-24-35(61)54-31(21-37(63)64)40(67)55-30(41(68)57-45)20-26-10-3-1-4-11-26/h1,3-4,10-11,27-32H,2,5-9,12-25,46H2,(H2,47,59)(H,50,60)(H,51,65)(H,53,66)(H,54,61)(H,55,67)(H,56,70)(H,57,68)(H,63,64)(H4,48,49,52)/t27?,28?,29-,30-,31+,32?,45?/m1/s1. The largest absolute Gasteiger partial charge is 0.481 e. The second-order valence-electron chi connectivity index (χ2n) is 17.7. The summed E-state index contributed by atoms with van der Waals surface area (Å²) in [6.07, 6.45) is 2.51. The van der Waals surface area contributed by atoms with Crippen molar-refractivity contribution in [3.8, 4) is 0 Å². The fourth-order valence-corrected chi connectivity index (χ4v) is 9.22. The van der Waals surface area contributed by atoms with E-state index >= 15 is 0 Å². The van der Waals surface area contributed by atoms with E-state index in [1.807, 2.05) is 0 Å². The van der Waals surface area contributed by atoms with Crippen molar-refractivity contribution in [1.82, 2.24) is 42.1 Å². The van der Waals surface area contributed by atoms with Crippen LogP contribution in [0.15, 0.2) is 35.3 Å². The Morgan fingerprint density at radius 3 is 2.25 bits per heavy atom. The number of benzene rings is 1. The van der Waals surface area contributed by atoms with Gasteiger partial charge in [-0.25, -0.2) is 0 Å². The molecule has 4 unspecified atom stereocenters.